The Balaban J connectivity index is 1.48. The number of halogens is 2. The molecule has 2 heterocycles. The lowest BCUT2D eigenvalue weighted by Gasteiger charge is -2.35. The van der Waals surface area contributed by atoms with E-state index in [4.69, 9.17) is 11.6 Å². The van der Waals surface area contributed by atoms with Crippen molar-refractivity contribution in [1.29, 1.82) is 0 Å². The van der Waals surface area contributed by atoms with Crippen LogP contribution in [0.5, 0.6) is 0 Å². The molecule has 8 nitrogen and oxygen atoms in total. The average molecular weight is 442 g/mol. The maximum Gasteiger partial charge on any atom is 0.282 e. The number of nitro benzene ring substituents is 1. The molecule has 4 rings (SSSR count). The van der Waals surface area contributed by atoms with Crippen molar-refractivity contribution in [3.63, 3.8) is 0 Å². The molecule has 158 valence electrons. The molecule has 1 aromatic heterocycles. The van der Waals surface area contributed by atoms with Crippen LogP contribution in [-0.2, 0) is 0 Å². The summed E-state index contributed by atoms with van der Waals surface area (Å²) in [5, 5.41) is 11.5. The number of nitro groups is 1. The van der Waals surface area contributed by atoms with Gasteiger partial charge < -0.3 is 9.80 Å². The summed E-state index contributed by atoms with van der Waals surface area (Å²) in [7, 11) is 0. The van der Waals surface area contributed by atoms with Crippen molar-refractivity contribution in [3.05, 3.63) is 81.4 Å². The van der Waals surface area contributed by atoms with Crippen LogP contribution in [0.3, 0.4) is 0 Å². The summed E-state index contributed by atoms with van der Waals surface area (Å²) in [4.78, 5) is 35.7. The first-order valence-corrected chi connectivity index (χ1v) is 9.86. The van der Waals surface area contributed by atoms with E-state index < -0.39 is 10.8 Å². The van der Waals surface area contributed by atoms with Gasteiger partial charge in [-0.3, -0.25) is 14.9 Å². The number of benzene rings is 2. The van der Waals surface area contributed by atoms with Gasteiger partial charge in [0.1, 0.15) is 23.5 Å². The third-order valence-corrected chi connectivity index (χ3v) is 5.30. The standard InChI is InChI=1S/C21H17ClFN5O3/c22-15-3-6-19(28(30)31)17(11-15)21(29)27-9-7-26(8-10-27)20-12-18(24-13-25-20)14-1-4-16(23)5-2-14/h1-6,11-13H,7-10H2. The summed E-state index contributed by atoms with van der Waals surface area (Å²) in [6.45, 7) is 1.75. The van der Waals surface area contributed by atoms with E-state index in [0.29, 0.717) is 37.7 Å². The Morgan fingerprint density at radius 3 is 2.42 bits per heavy atom. The topological polar surface area (TPSA) is 92.5 Å². The smallest absolute Gasteiger partial charge is 0.282 e. The van der Waals surface area contributed by atoms with Crippen molar-refractivity contribution in [3.8, 4) is 11.3 Å². The van der Waals surface area contributed by atoms with Gasteiger partial charge in [-0.25, -0.2) is 14.4 Å². The van der Waals surface area contributed by atoms with Gasteiger partial charge >= 0.3 is 0 Å². The number of anilines is 1. The highest BCUT2D eigenvalue weighted by Crippen LogP contribution is 2.26. The Morgan fingerprint density at radius 2 is 1.74 bits per heavy atom. The van der Waals surface area contributed by atoms with Crippen LogP contribution >= 0.6 is 11.6 Å². The van der Waals surface area contributed by atoms with Crippen molar-refractivity contribution in [2.24, 2.45) is 0 Å². The van der Waals surface area contributed by atoms with Crippen molar-refractivity contribution < 1.29 is 14.1 Å². The number of carbonyl (C=O) groups is 1. The molecular weight excluding hydrogens is 425 g/mol. The third kappa shape index (κ3) is 4.46. The van der Waals surface area contributed by atoms with Crippen LogP contribution in [0.15, 0.2) is 54.9 Å². The molecule has 0 bridgehead atoms. The highest BCUT2D eigenvalue weighted by Gasteiger charge is 2.28. The predicted molar refractivity (Wildman–Crippen MR) is 114 cm³/mol. The Bertz CT molecular complexity index is 1130. The number of hydrogen-bond donors (Lipinski definition) is 0. The first kappa shape index (κ1) is 20.7. The number of rotatable bonds is 4. The van der Waals surface area contributed by atoms with Crippen LogP contribution in [0.2, 0.25) is 5.02 Å². The first-order valence-electron chi connectivity index (χ1n) is 9.48. The molecule has 31 heavy (non-hydrogen) atoms. The molecule has 0 N–H and O–H groups in total. The number of hydrogen-bond acceptors (Lipinski definition) is 6. The maximum atomic E-state index is 13.2. The summed E-state index contributed by atoms with van der Waals surface area (Å²) in [5.74, 6) is -0.0579. The zero-order valence-corrected chi connectivity index (χ0v) is 17.0. The molecule has 10 heteroatoms. The number of piperazine rings is 1. The summed E-state index contributed by atoms with van der Waals surface area (Å²) in [6, 6.07) is 11.8. The SMILES string of the molecule is O=C(c1cc(Cl)ccc1[N+](=O)[O-])N1CCN(c2cc(-c3ccc(F)cc3)ncn2)CC1. The fraction of sp³-hybridized carbons (Fsp3) is 0.190. The van der Waals surface area contributed by atoms with E-state index in [-0.39, 0.29) is 22.1 Å². The molecule has 0 unspecified atom stereocenters. The van der Waals surface area contributed by atoms with Crippen molar-refractivity contribution in [1.82, 2.24) is 14.9 Å². The zero-order chi connectivity index (χ0) is 22.0. The highest BCUT2D eigenvalue weighted by atomic mass is 35.5. The van der Waals surface area contributed by atoms with Gasteiger partial charge in [-0.15, -0.1) is 0 Å². The van der Waals surface area contributed by atoms with Gasteiger partial charge in [-0.2, -0.15) is 0 Å². The Labute approximate surface area is 182 Å². The second-order valence-electron chi connectivity index (χ2n) is 6.97. The molecule has 0 radical (unpaired) electrons. The third-order valence-electron chi connectivity index (χ3n) is 5.07. The second kappa shape index (κ2) is 8.65. The Kier molecular flexibility index (Phi) is 5.77. The first-order chi connectivity index (χ1) is 14.9. The summed E-state index contributed by atoms with van der Waals surface area (Å²) in [6.07, 6.45) is 1.45. The van der Waals surface area contributed by atoms with Crippen LogP contribution in [0, 0.1) is 15.9 Å². The summed E-state index contributed by atoms with van der Waals surface area (Å²) < 4.78 is 13.2. The van der Waals surface area contributed by atoms with Crippen LogP contribution < -0.4 is 4.90 Å². The normalized spacial score (nSPS) is 13.9. The molecule has 0 atom stereocenters. The summed E-state index contributed by atoms with van der Waals surface area (Å²) >= 11 is 5.95. The Hall–Kier alpha value is -3.59. The fourth-order valence-electron chi connectivity index (χ4n) is 3.45. The van der Waals surface area contributed by atoms with E-state index >= 15 is 0 Å². The second-order valence-corrected chi connectivity index (χ2v) is 7.40. The molecule has 1 aliphatic rings. The van der Waals surface area contributed by atoms with Gasteiger partial charge in [0.25, 0.3) is 11.6 Å². The van der Waals surface area contributed by atoms with Gasteiger partial charge in [0.2, 0.25) is 0 Å². The minimum atomic E-state index is -0.586. The van der Waals surface area contributed by atoms with Gasteiger partial charge in [0, 0.05) is 48.9 Å². The van der Waals surface area contributed by atoms with Crippen LogP contribution in [0.1, 0.15) is 10.4 Å². The minimum absolute atomic E-state index is 0.0217. The van der Waals surface area contributed by atoms with Gasteiger partial charge in [0.05, 0.1) is 10.6 Å². The molecule has 0 saturated carbocycles. The molecule has 0 aliphatic carbocycles. The molecule has 1 aliphatic heterocycles. The molecule has 2 aromatic carbocycles. The number of amides is 1. The molecule has 1 amide bonds. The molecule has 1 saturated heterocycles. The van der Waals surface area contributed by atoms with Crippen molar-refractivity contribution >= 4 is 29.0 Å². The quantitative estimate of drug-likeness (QED) is 0.451. The van der Waals surface area contributed by atoms with Crippen LogP contribution in [0.4, 0.5) is 15.9 Å². The van der Waals surface area contributed by atoms with Crippen molar-refractivity contribution in [2.45, 2.75) is 0 Å². The maximum absolute atomic E-state index is 13.2. The van der Waals surface area contributed by atoms with E-state index in [1.807, 2.05) is 11.0 Å². The largest absolute Gasteiger partial charge is 0.353 e. The van der Waals surface area contributed by atoms with E-state index in [0.717, 1.165) is 5.56 Å². The number of nitrogens with zero attached hydrogens (tertiary/aromatic N) is 5. The monoisotopic (exact) mass is 441 g/mol. The van der Waals surface area contributed by atoms with E-state index in [1.165, 1.54) is 36.7 Å². The Morgan fingerprint density at radius 1 is 1.03 bits per heavy atom. The number of carbonyl (C=O) groups excluding carboxylic acids is 1. The van der Waals surface area contributed by atoms with Gasteiger partial charge in [-0.1, -0.05) is 11.6 Å². The zero-order valence-electron chi connectivity index (χ0n) is 16.2. The minimum Gasteiger partial charge on any atom is -0.353 e. The summed E-state index contributed by atoms with van der Waals surface area (Å²) in [5.41, 5.74) is 1.15. The average Bonchev–Trinajstić information content (AvgIpc) is 2.79. The van der Waals surface area contributed by atoms with Crippen LogP contribution in [0.25, 0.3) is 11.3 Å². The lowest BCUT2D eigenvalue weighted by atomic mass is 10.1. The van der Waals surface area contributed by atoms with E-state index in [1.54, 1.807) is 17.0 Å². The van der Waals surface area contributed by atoms with Gasteiger partial charge in [0.15, 0.2) is 0 Å². The predicted octanol–water partition coefficient (Wildman–Crippen LogP) is 3.81. The highest BCUT2D eigenvalue weighted by molar-refractivity contribution is 6.31. The number of aromatic nitrogens is 2. The van der Waals surface area contributed by atoms with E-state index in [9.17, 15) is 19.3 Å². The lowest BCUT2D eigenvalue weighted by molar-refractivity contribution is -0.385. The molecule has 1 fully saturated rings. The van der Waals surface area contributed by atoms with Crippen molar-refractivity contribution in [2.75, 3.05) is 31.1 Å². The van der Waals surface area contributed by atoms with E-state index in [2.05, 4.69) is 9.97 Å². The lowest BCUT2D eigenvalue weighted by Crippen LogP contribution is -2.49. The van der Waals surface area contributed by atoms with Gasteiger partial charge in [-0.05, 0) is 36.4 Å². The molecular formula is C21H17ClFN5O3. The van der Waals surface area contributed by atoms with Crippen LogP contribution in [-0.4, -0.2) is 51.9 Å². The fourth-order valence-corrected chi connectivity index (χ4v) is 3.62. The molecule has 3 aromatic rings. The molecule has 0 spiro atoms.